The zero-order valence-corrected chi connectivity index (χ0v) is 21.5. The van der Waals surface area contributed by atoms with Gasteiger partial charge >= 0.3 is 0 Å². The van der Waals surface area contributed by atoms with Gasteiger partial charge in [0.1, 0.15) is 11.8 Å². The molecule has 2 aliphatic rings. The molecule has 3 N–H and O–H groups in total. The summed E-state index contributed by atoms with van der Waals surface area (Å²) >= 11 is 5.98. The number of hydrogen-bond donors (Lipinski definition) is 2. The topological polar surface area (TPSA) is 105 Å². The zero-order valence-electron chi connectivity index (χ0n) is 20.7. The highest BCUT2D eigenvalue weighted by molar-refractivity contribution is 6.30. The maximum Gasteiger partial charge on any atom is 0.257 e. The molecular formula is C27H35ClN4O4. The summed E-state index contributed by atoms with van der Waals surface area (Å²) in [5, 5.41) is 2.93. The third-order valence-corrected chi connectivity index (χ3v) is 6.97. The van der Waals surface area contributed by atoms with Crippen LogP contribution in [0.1, 0.15) is 54.1 Å². The van der Waals surface area contributed by atoms with Crippen LogP contribution in [-0.2, 0) is 9.59 Å². The van der Waals surface area contributed by atoms with Crippen LogP contribution in [0.3, 0.4) is 0 Å². The van der Waals surface area contributed by atoms with Crippen molar-refractivity contribution in [3.05, 3.63) is 64.7 Å². The number of nitrogens with zero attached hydrogens (tertiary/aromatic N) is 2. The van der Waals surface area contributed by atoms with Crippen molar-refractivity contribution in [1.29, 1.82) is 0 Å². The number of nitrogens with two attached hydrogens (primary N) is 1. The average molecular weight is 515 g/mol. The lowest BCUT2D eigenvalue weighted by Gasteiger charge is -2.40. The van der Waals surface area contributed by atoms with E-state index in [9.17, 15) is 14.4 Å². The molecule has 1 saturated heterocycles. The molecule has 9 heteroatoms. The predicted molar refractivity (Wildman–Crippen MR) is 140 cm³/mol. The zero-order chi connectivity index (χ0) is 25.9. The van der Waals surface area contributed by atoms with Gasteiger partial charge in [0, 0.05) is 37.2 Å². The number of halogens is 1. The highest BCUT2D eigenvalue weighted by Gasteiger charge is 2.28. The number of ether oxygens (including phenoxy) is 1. The lowest BCUT2D eigenvalue weighted by Crippen LogP contribution is -2.52. The van der Waals surface area contributed by atoms with Gasteiger partial charge < -0.3 is 20.7 Å². The minimum Gasteiger partial charge on any atom is -0.496 e. The Kier molecular flexibility index (Phi) is 10.6. The number of carbonyl (C=O) groups is 3. The van der Waals surface area contributed by atoms with E-state index in [0.717, 1.165) is 32.2 Å². The number of rotatable bonds is 7. The van der Waals surface area contributed by atoms with Crippen molar-refractivity contribution in [2.45, 2.75) is 44.2 Å². The summed E-state index contributed by atoms with van der Waals surface area (Å²) in [7, 11) is 1.57. The summed E-state index contributed by atoms with van der Waals surface area (Å²) < 4.78 is 5.31. The van der Waals surface area contributed by atoms with E-state index in [4.69, 9.17) is 22.1 Å². The van der Waals surface area contributed by atoms with Crippen LogP contribution >= 0.6 is 11.6 Å². The molecule has 1 aliphatic carbocycles. The van der Waals surface area contributed by atoms with Crippen molar-refractivity contribution in [2.75, 3.05) is 33.3 Å². The summed E-state index contributed by atoms with van der Waals surface area (Å²) in [4.78, 5) is 38.3. The predicted octanol–water partition coefficient (Wildman–Crippen LogP) is 3.40. The third-order valence-electron chi connectivity index (χ3n) is 6.74. The maximum atomic E-state index is 12.8. The molecule has 0 spiro atoms. The number of benzene rings is 2. The van der Waals surface area contributed by atoms with Gasteiger partial charge in [-0.25, -0.2) is 0 Å². The first kappa shape index (κ1) is 27.5. The number of nitrogens with one attached hydrogen (secondary N) is 1. The standard InChI is InChI=1S/C18H25ClN2O2.C9H10N2O2/c1-23-17-13-14(19)7-8-16(17)18(22)21-11-9-20(10-12-21)15-5-3-2-4-6-15;10-9(13)8(11-6-12)7-4-2-1-3-5-7/h7-8,13,15H,2-6,9-12H2,1H3;1-6,8H,(H2,10,13)(H,11,12). The first-order valence-electron chi connectivity index (χ1n) is 12.4. The largest absolute Gasteiger partial charge is 0.496 e. The van der Waals surface area contributed by atoms with Crippen LogP contribution in [0, 0.1) is 0 Å². The van der Waals surface area contributed by atoms with Crippen molar-refractivity contribution >= 4 is 29.8 Å². The molecule has 1 heterocycles. The van der Waals surface area contributed by atoms with Crippen LogP contribution in [0.5, 0.6) is 5.75 Å². The van der Waals surface area contributed by atoms with E-state index in [2.05, 4.69) is 10.2 Å². The molecule has 0 radical (unpaired) electrons. The fraction of sp³-hybridized carbons (Fsp3) is 0.444. The van der Waals surface area contributed by atoms with Gasteiger partial charge in [0.25, 0.3) is 5.91 Å². The molecule has 194 valence electrons. The maximum absolute atomic E-state index is 12.8. The fourth-order valence-electron chi connectivity index (χ4n) is 4.80. The summed E-state index contributed by atoms with van der Waals surface area (Å²) in [5.41, 5.74) is 6.38. The van der Waals surface area contributed by atoms with Gasteiger partial charge in [0.15, 0.2) is 0 Å². The van der Waals surface area contributed by atoms with E-state index < -0.39 is 11.9 Å². The first-order valence-corrected chi connectivity index (χ1v) is 12.7. The second-order valence-electron chi connectivity index (χ2n) is 9.00. The number of piperazine rings is 1. The monoisotopic (exact) mass is 514 g/mol. The van der Waals surface area contributed by atoms with Crippen molar-refractivity contribution in [1.82, 2.24) is 15.1 Å². The van der Waals surface area contributed by atoms with Gasteiger partial charge in [-0.3, -0.25) is 19.3 Å². The normalized spacial score (nSPS) is 17.3. The third kappa shape index (κ3) is 7.45. The second kappa shape index (κ2) is 13.8. The average Bonchev–Trinajstić information content (AvgIpc) is 2.92. The van der Waals surface area contributed by atoms with E-state index >= 15 is 0 Å². The highest BCUT2D eigenvalue weighted by atomic mass is 35.5. The number of carbonyl (C=O) groups excluding carboxylic acids is 3. The molecule has 1 unspecified atom stereocenters. The minimum atomic E-state index is -0.737. The number of primary amides is 1. The van der Waals surface area contributed by atoms with E-state index in [1.165, 1.54) is 32.1 Å². The van der Waals surface area contributed by atoms with Crippen molar-refractivity contribution in [3.8, 4) is 5.75 Å². The van der Waals surface area contributed by atoms with Gasteiger partial charge in [-0.15, -0.1) is 0 Å². The molecule has 4 rings (SSSR count). The van der Waals surface area contributed by atoms with Gasteiger partial charge in [-0.1, -0.05) is 61.2 Å². The summed E-state index contributed by atoms with van der Waals surface area (Å²) in [6.07, 6.45) is 7.18. The van der Waals surface area contributed by atoms with Crippen molar-refractivity contribution in [2.24, 2.45) is 5.73 Å². The van der Waals surface area contributed by atoms with Crippen LogP contribution in [0.4, 0.5) is 0 Å². The number of hydrogen-bond acceptors (Lipinski definition) is 5. The summed E-state index contributed by atoms with van der Waals surface area (Å²) in [6, 6.07) is 14.0. The lowest BCUT2D eigenvalue weighted by molar-refractivity contribution is -0.122. The van der Waals surface area contributed by atoms with E-state index in [-0.39, 0.29) is 5.91 Å². The Labute approximate surface area is 217 Å². The molecule has 0 aromatic heterocycles. The second-order valence-corrected chi connectivity index (χ2v) is 9.43. The van der Waals surface area contributed by atoms with Crippen LogP contribution in [0.15, 0.2) is 48.5 Å². The summed E-state index contributed by atoms with van der Waals surface area (Å²) in [6.45, 7) is 3.54. The minimum absolute atomic E-state index is 0.0433. The molecular weight excluding hydrogens is 480 g/mol. The van der Waals surface area contributed by atoms with Crippen LogP contribution < -0.4 is 15.8 Å². The molecule has 8 nitrogen and oxygen atoms in total. The molecule has 2 fully saturated rings. The highest BCUT2D eigenvalue weighted by Crippen LogP contribution is 2.26. The Balaban J connectivity index is 0.000000236. The van der Waals surface area contributed by atoms with Crippen molar-refractivity contribution < 1.29 is 19.1 Å². The molecule has 2 aromatic rings. The van der Waals surface area contributed by atoms with Crippen LogP contribution in [-0.4, -0.2) is 67.4 Å². The molecule has 0 bridgehead atoms. The first-order chi connectivity index (χ1) is 17.4. The van der Waals surface area contributed by atoms with E-state index in [1.54, 1.807) is 49.6 Å². The SMILES string of the molecule is COc1cc(Cl)ccc1C(=O)N1CCN(C2CCCCC2)CC1.NC(=O)C(NC=O)c1ccccc1. The van der Waals surface area contributed by atoms with E-state index in [0.29, 0.717) is 28.3 Å². The molecule has 3 amide bonds. The lowest BCUT2D eigenvalue weighted by atomic mass is 9.94. The molecule has 1 aliphatic heterocycles. The quantitative estimate of drug-likeness (QED) is 0.551. The fourth-order valence-corrected chi connectivity index (χ4v) is 4.97. The number of methoxy groups -OCH3 is 1. The van der Waals surface area contributed by atoms with Gasteiger partial charge in [-0.2, -0.15) is 0 Å². The Hall–Kier alpha value is -3.10. The molecule has 2 aromatic carbocycles. The van der Waals surface area contributed by atoms with Crippen LogP contribution in [0.2, 0.25) is 5.02 Å². The van der Waals surface area contributed by atoms with E-state index in [1.807, 2.05) is 11.0 Å². The smallest absolute Gasteiger partial charge is 0.257 e. The van der Waals surface area contributed by atoms with Gasteiger partial charge in [-0.05, 0) is 36.6 Å². The Morgan fingerprint density at radius 3 is 2.31 bits per heavy atom. The Morgan fingerprint density at radius 2 is 1.72 bits per heavy atom. The van der Waals surface area contributed by atoms with Crippen molar-refractivity contribution in [3.63, 3.8) is 0 Å². The Morgan fingerprint density at radius 1 is 1.06 bits per heavy atom. The van der Waals surface area contributed by atoms with Gasteiger partial charge in [0.05, 0.1) is 12.7 Å². The van der Waals surface area contributed by atoms with Crippen LogP contribution in [0.25, 0.3) is 0 Å². The Bertz CT molecular complexity index is 1010. The molecule has 1 saturated carbocycles. The molecule has 36 heavy (non-hydrogen) atoms. The van der Waals surface area contributed by atoms with Gasteiger partial charge in [0.2, 0.25) is 12.3 Å². The summed E-state index contributed by atoms with van der Waals surface area (Å²) in [5.74, 6) is 0.0253. The number of amides is 3. The molecule has 1 atom stereocenters.